The number of methoxy groups -OCH3 is 2. The van der Waals surface area contributed by atoms with Gasteiger partial charge in [0.15, 0.2) is 11.5 Å². The van der Waals surface area contributed by atoms with Gasteiger partial charge in [-0.3, -0.25) is 25.1 Å². The second-order valence-corrected chi connectivity index (χ2v) is 5.95. The molecule has 1 aromatic heterocycles. The van der Waals surface area contributed by atoms with Crippen molar-refractivity contribution in [1.82, 2.24) is 20.6 Å². The van der Waals surface area contributed by atoms with Gasteiger partial charge in [-0.05, 0) is 38.5 Å². The number of aromatic nitrogens is 2. The Labute approximate surface area is 158 Å². The van der Waals surface area contributed by atoms with Crippen LogP contribution in [-0.4, -0.2) is 35.8 Å². The molecular weight excluding hydrogens is 348 g/mol. The lowest BCUT2D eigenvalue weighted by molar-refractivity contribution is -0.122. The number of ether oxygens (including phenoxy) is 2. The van der Waals surface area contributed by atoms with Crippen molar-refractivity contribution in [2.45, 2.75) is 26.8 Å². The predicted octanol–water partition coefficient (Wildman–Crippen LogP) is 1.71. The van der Waals surface area contributed by atoms with Gasteiger partial charge in [-0.25, -0.2) is 0 Å². The number of hydrogen-bond acceptors (Lipinski definition) is 5. The fraction of sp³-hybridized carbons (Fsp3) is 0.316. The average molecular weight is 372 g/mol. The third-order valence-electron chi connectivity index (χ3n) is 3.89. The van der Waals surface area contributed by atoms with Crippen LogP contribution in [0, 0.1) is 13.8 Å². The zero-order valence-electron chi connectivity index (χ0n) is 16.0. The first-order chi connectivity index (χ1) is 12.9. The second kappa shape index (κ2) is 8.88. The fourth-order valence-electron chi connectivity index (χ4n) is 2.69. The van der Waals surface area contributed by atoms with E-state index in [0.717, 1.165) is 17.0 Å². The number of hydrogen-bond donors (Lipinski definition) is 2. The molecule has 0 saturated carbocycles. The van der Waals surface area contributed by atoms with Crippen molar-refractivity contribution in [2.24, 2.45) is 0 Å². The smallest absolute Gasteiger partial charge is 0.269 e. The van der Waals surface area contributed by atoms with Gasteiger partial charge in [0, 0.05) is 16.8 Å². The fourth-order valence-corrected chi connectivity index (χ4v) is 2.69. The maximum Gasteiger partial charge on any atom is 0.269 e. The molecule has 0 saturated heterocycles. The van der Waals surface area contributed by atoms with Crippen LogP contribution < -0.4 is 20.3 Å². The minimum absolute atomic E-state index is 0.00754. The van der Waals surface area contributed by atoms with Gasteiger partial charge in [0.1, 0.15) is 6.54 Å². The minimum Gasteiger partial charge on any atom is -0.493 e. The summed E-state index contributed by atoms with van der Waals surface area (Å²) < 4.78 is 12.2. The van der Waals surface area contributed by atoms with E-state index in [0.29, 0.717) is 23.5 Å². The van der Waals surface area contributed by atoms with E-state index in [1.165, 1.54) is 14.2 Å². The molecule has 1 heterocycles. The van der Waals surface area contributed by atoms with E-state index in [1.54, 1.807) is 22.9 Å². The highest BCUT2D eigenvalue weighted by molar-refractivity contribution is 5.96. The van der Waals surface area contributed by atoms with Gasteiger partial charge in [0.2, 0.25) is 0 Å². The van der Waals surface area contributed by atoms with Gasteiger partial charge in [-0.1, -0.05) is 6.08 Å². The summed E-state index contributed by atoms with van der Waals surface area (Å²) in [5.74, 6) is 0.114. The molecule has 0 aliphatic carbocycles. The van der Waals surface area contributed by atoms with Gasteiger partial charge >= 0.3 is 0 Å². The highest BCUT2D eigenvalue weighted by Crippen LogP contribution is 2.33. The molecule has 0 aliphatic heterocycles. The maximum atomic E-state index is 12.4. The average Bonchev–Trinajstić information content (AvgIpc) is 2.96. The van der Waals surface area contributed by atoms with E-state index in [-0.39, 0.29) is 12.5 Å². The molecule has 8 heteroatoms. The molecule has 0 bridgehead atoms. The van der Waals surface area contributed by atoms with E-state index >= 15 is 0 Å². The normalized spacial score (nSPS) is 10.2. The Morgan fingerprint density at radius 2 is 1.93 bits per heavy atom. The van der Waals surface area contributed by atoms with Crippen LogP contribution in [0.3, 0.4) is 0 Å². The number of nitrogens with zero attached hydrogens (tertiary/aromatic N) is 2. The van der Waals surface area contributed by atoms with Crippen LogP contribution in [0.2, 0.25) is 0 Å². The van der Waals surface area contributed by atoms with Crippen molar-refractivity contribution in [2.75, 3.05) is 14.2 Å². The van der Waals surface area contributed by atoms with E-state index in [2.05, 4.69) is 22.5 Å². The molecule has 2 amide bonds. The Morgan fingerprint density at radius 3 is 2.48 bits per heavy atom. The Kier molecular flexibility index (Phi) is 6.59. The minimum atomic E-state index is -0.469. The lowest BCUT2D eigenvalue weighted by atomic mass is 10.1. The van der Waals surface area contributed by atoms with Crippen LogP contribution in [0.15, 0.2) is 30.9 Å². The van der Waals surface area contributed by atoms with Crippen molar-refractivity contribution in [1.29, 1.82) is 0 Å². The number of carbonyl (C=O) groups is 2. The molecule has 27 heavy (non-hydrogen) atoms. The molecule has 144 valence electrons. The number of carbonyl (C=O) groups excluding carboxylic acids is 2. The van der Waals surface area contributed by atoms with E-state index in [9.17, 15) is 9.59 Å². The molecule has 0 radical (unpaired) electrons. The highest BCUT2D eigenvalue weighted by Gasteiger charge is 2.16. The van der Waals surface area contributed by atoms with Gasteiger partial charge < -0.3 is 9.47 Å². The van der Waals surface area contributed by atoms with Crippen molar-refractivity contribution in [3.05, 3.63) is 53.4 Å². The Balaban J connectivity index is 2.08. The van der Waals surface area contributed by atoms with Crippen LogP contribution >= 0.6 is 0 Å². The van der Waals surface area contributed by atoms with Gasteiger partial charge in [0.25, 0.3) is 11.8 Å². The molecule has 2 N–H and O–H groups in total. The summed E-state index contributed by atoms with van der Waals surface area (Å²) >= 11 is 0. The van der Waals surface area contributed by atoms with Crippen LogP contribution in [0.1, 0.15) is 27.3 Å². The predicted molar refractivity (Wildman–Crippen MR) is 101 cm³/mol. The van der Waals surface area contributed by atoms with Crippen molar-refractivity contribution in [3.8, 4) is 11.5 Å². The van der Waals surface area contributed by atoms with Gasteiger partial charge in [-0.2, -0.15) is 5.10 Å². The van der Waals surface area contributed by atoms with Crippen molar-refractivity contribution in [3.63, 3.8) is 0 Å². The molecule has 0 unspecified atom stereocenters. The Bertz CT molecular complexity index is 858. The van der Waals surface area contributed by atoms with Gasteiger partial charge in [0.05, 0.1) is 19.9 Å². The summed E-state index contributed by atoms with van der Waals surface area (Å²) in [6.07, 6.45) is 2.21. The summed E-state index contributed by atoms with van der Waals surface area (Å²) in [6.45, 7) is 7.42. The van der Waals surface area contributed by atoms with E-state index in [1.807, 2.05) is 19.9 Å². The summed E-state index contributed by atoms with van der Waals surface area (Å²) in [5, 5.41) is 4.21. The van der Waals surface area contributed by atoms with E-state index < -0.39 is 5.91 Å². The second-order valence-electron chi connectivity index (χ2n) is 5.95. The number of rotatable bonds is 7. The number of hydrazine groups is 1. The third kappa shape index (κ3) is 4.87. The zero-order chi connectivity index (χ0) is 20.0. The molecular formula is C19H24N4O4. The summed E-state index contributed by atoms with van der Waals surface area (Å²) in [7, 11) is 3.02. The molecule has 0 fully saturated rings. The van der Waals surface area contributed by atoms with Crippen LogP contribution in [0.4, 0.5) is 0 Å². The van der Waals surface area contributed by atoms with Crippen molar-refractivity contribution < 1.29 is 19.1 Å². The number of aryl methyl sites for hydroxylation is 2. The van der Waals surface area contributed by atoms with Crippen molar-refractivity contribution >= 4 is 11.8 Å². The lowest BCUT2D eigenvalue weighted by Crippen LogP contribution is -2.43. The lowest BCUT2D eigenvalue weighted by Gasteiger charge is -2.14. The van der Waals surface area contributed by atoms with Crippen LogP contribution in [0.25, 0.3) is 0 Å². The van der Waals surface area contributed by atoms with E-state index in [4.69, 9.17) is 9.47 Å². The van der Waals surface area contributed by atoms with Crippen LogP contribution in [0.5, 0.6) is 11.5 Å². The molecule has 0 spiro atoms. The summed E-state index contributed by atoms with van der Waals surface area (Å²) in [4.78, 5) is 24.5. The third-order valence-corrected chi connectivity index (χ3v) is 3.89. The largest absolute Gasteiger partial charge is 0.493 e. The first kappa shape index (κ1) is 20.0. The summed E-state index contributed by atoms with van der Waals surface area (Å²) in [6, 6.07) is 5.09. The molecule has 2 aromatic rings. The quantitative estimate of drug-likeness (QED) is 0.570. The molecule has 0 atom stereocenters. The first-order valence-corrected chi connectivity index (χ1v) is 8.35. The molecule has 1 aromatic carbocycles. The Hall–Kier alpha value is -3.29. The number of amides is 2. The standard InChI is InChI=1S/C19H24N4O4/c1-6-7-14-9-15(10-16(26-4)18(14)27-5)19(25)21-20-17(24)11-23-13(3)8-12(2)22-23/h6,8-10H,1,7,11H2,2-5H3,(H,20,24)(H,21,25). The zero-order valence-corrected chi connectivity index (χ0v) is 16.0. The SMILES string of the molecule is C=CCc1cc(C(=O)NNC(=O)Cn2nc(C)cc2C)cc(OC)c1OC. The topological polar surface area (TPSA) is 94.5 Å². The van der Waals surface area contributed by atoms with Crippen LogP contribution in [-0.2, 0) is 17.8 Å². The molecule has 2 rings (SSSR count). The number of benzene rings is 1. The first-order valence-electron chi connectivity index (χ1n) is 8.35. The Morgan fingerprint density at radius 1 is 1.19 bits per heavy atom. The monoisotopic (exact) mass is 372 g/mol. The molecule has 0 aliphatic rings. The number of nitrogens with one attached hydrogen (secondary N) is 2. The molecule has 8 nitrogen and oxygen atoms in total. The number of allylic oxidation sites excluding steroid dienone is 1. The summed E-state index contributed by atoms with van der Waals surface area (Å²) in [5.41, 5.74) is 7.57. The van der Waals surface area contributed by atoms with Gasteiger partial charge in [-0.15, -0.1) is 6.58 Å². The maximum absolute atomic E-state index is 12.4. The highest BCUT2D eigenvalue weighted by atomic mass is 16.5.